The van der Waals surface area contributed by atoms with Crippen LogP contribution in [0.2, 0.25) is 0 Å². The number of hydrogen-bond acceptors (Lipinski definition) is 2. The Labute approximate surface area is 131 Å². The van der Waals surface area contributed by atoms with Gasteiger partial charge in [0.25, 0.3) is 0 Å². The van der Waals surface area contributed by atoms with Crippen molar-refractivity contribution in [1.82, 2.24) is 14.9 Å². The van der Waals surface area contributed by atoms with Crippen LogP contribution in [-0.2, 0) is 0 Å². The molecule has 0 unspecified atom stereocenters. The number of piperidine rings is 1. The highest BCUT2D eigenvalue weighted by molar-refractivity contribution is 5.81. The third-order valence-corrected chi connectivity index (χ3v) is 4.66. The molecule has 1 N–H and O–H groups in total. The minimum absolute atomic E-state index is 0.531. The van der Waals surface area contributed by atoms with Crippen LogP contribution in [0.1, 0.15) is 24.4 Å². The molecule has 0 bridgehead atoms. The second kappa shape index (κ2) is 5.58. The third-order valence-electron chi connectivity index (χ3n) is 4.66. The Kier molecular flexibility index (Phi) is 3.43. The fraction of sp³-hybridized carbons (Fsp3) is 0.316. The number of benzene rings is 2. The molecule has 4 rings (SSSR count). The molecule has 1 fully saturated rings. The molecule has 1 saturated heterocycles. The van der Waals surface area contributed by atoms with Gasteiger partial charge in [0.2, 0.25) is 0 Å². The van der Waals surface area contributed by atoms with E-state index < -0.39 is 0 Å². The van der Waals surface area contributed by atoms with E-state index in [0.29, 0.717) is 6.04 Å². The van der Waals surface area contributed by atoms with Crippen LogP contribution in [0.25, 0.3) is 22.4 Å². The number of rotatable bonds is 2. The summed E-state index contributed by atoms with van der Waals surface area (Å²) in [4.78, 5) is 4.96. The Morgan fingerprint density at radius 1 is 1.00 bits per heavy atom. The van der Waals surface area contributed by atoms with Gasteiger partial charge in [-0.05, 0) is 50.6 Å². The molecule has 3 nitrogen and oxygen atoms in total. The van der Waals surface area contributed by atoms with Crippen molar-refractivity contribution in [3.8, 4) is 11.4 Å². The number of nitrogens with zero attached hydrogens (tertiary/aromatic N) is 2. The molecule has 0 amide bonds. The topological polar surface area (TPSA) is 29.9 Å². The first kappa shape index (κ1) is 13.5. The molecule has 0 aliphatic carbocycles. The Morgan fingerprint density at radius 3 is 2.55 bits per heavy atom. The normalized spacial score (nSPS) is 16.2. The molecule has 1 aliphatic rings. The molecule has 1 aromatic heterocycles. The van der Waals surface area contributed by atoms with Gasteiger partial charge in [-0.15, -0.1) is 0 Å². The number of aromatic nitrogens is 2. The van der Waals surface area contributed by atoms with Crippen LogP contribution in [0.15, 0.2) is 48.5 Å². The monoisotopic (exact) mass is 291 g/mol. The van der Waals surface area contributed by atoms with Crippen molar-refractivity contribution in [1.29, 1.82) is 0 Å². The number of fused-ring (bicyclic) bond motifs is 1. The molecular weight excluding hydrogens is 270 g/mol. The lowest BCUT2D eigenvalue weighted by atomic mass is 10.0. The standard InChI is InChI=1S/C19H21N3/c1-14-6-2-3-7-16(14)19-21-17-8-4-5-9-18(17)22(19)15-10-12-20-13-11-15/h2-9,15,20H,10-13H2,1H3. The summed E-state index contributed by atoms with van der Waals surface area (Å²) >= 11 is 0. The summed E-state index contributed by atoms with van der Waals surface area (Å²) in [5.41, 5.74) is 4.89. The van der Waals surface area contributed by atoms with Crippen LogP contribution < -0.4 is 5.32 Å². The zero-order valence-corrected chi connectivity index (χ0v) is 12.9. The second-order valence-corrected chi connectivity index (χ2v) is 6.09. The summed E-state index contributed by atoms with van der Waals surface area (Å²) in [6.45, 7) is 4.34. The summed E-state index contributed by atoms with van der Waals surface area (Å²) in [5.74, 6) is 1.12. The van der Waals surface area contributed by atoms with Crippen LogP contribution in [0.3, 0.4) is 0 Å². The summed E-state index contributed by atoms with van der Waals surface area (Å²) < 4.78 is 2.47. The molecule has 3 heteroatoms. The lowest BCUT2D eigenvalue weighted by molar-refractivity contribution is 0.377. The van der Waals surface area contributed by atoms with Crippen LogP contribution in [-0.4, -0.2) is 22.6 Å². The molecule has 0 spiro atoms. The maximum absolute atomic E-state index is 4.96. The van der Waals surface area contributed by atoms with E-state index in [1.54, 1.807) is 0 Å². The van der Waals surface area contributed by atoms with Gasteiger partial charge in [0.1, 0.15) is 5.82 Å². The highest BCUT2D eigenvalue weighted by Crippen LogP contribution is 2.33. The molecule has 2 heterocycles. The van der Waals surface area contributed by atoms with Gasteiger partial charge in [-0.25, -0.2) is 4.98 Å². The van der Waals surface area contributed by atoms with E-state index in [1.165, 1.54) is 29.5 Å². The number of hydrogen-bond donors (Lipinski definition) is 1. The van der Waals surface area contributed by atoms with E-state index in [4.69, 9.17) is 4.98 Å². The molecule has 3 aromatic rings. The Morgan fingerprint density at radius 2 is 1.73 bits per heavy atom. The van der Waals surface area contributed by atoms with E-state index in [9.17, 15) is 0 Å². The van der Waals surface area contributed by atoms with Crippen molar-refractivity contribution >= 4 is 11.0 Å². The molecule has 112 valence electrons. The lowest BCUT2D eigenvalue weighted by Gasteiger charge is -2.26. The van der Waals surface area contributed by atoms with Gasteiger partial charge in [0.05, 0.1) is 11.0 Å². The first-order chi connectivity index (χ1) is 10.8. The van der Waals surface area contributed by atoms with Gasteiger partial charge in [-0.1, -0.05) is 36.4 Å². The number of aryl methyl sites for hydroxylation is 1. The minimum atomic E-state index is 0.531. The fourth-order valence-electron chi connectivity index (χ4n) is 3.49. The van der Waals surface area contributed by atoms with Crippen LogP contribution >= 0.6 is 0 Å². The van der Waals surface area contributed by atoms with Crippen molar-refractivity contribution in [2.45, 2.75) is 25.8 Å². The van der Waals surface area contributed by atoms with Gasteiger partial charge < -0.3 is 9.88 Å². The van der Waals surface area contributed by atoms with Crippen LogP contribution in [0.4, 0.5) is 0 Å². The van der Waals surface area contributed by atoms with Crippen molar-refractivity contribution in [3.63, 3.8) is 0 Å². The molecular formula is C19H21N3. The van der Waals surface area contributed by atoms with Crippen LogP contribution in [0.5, 0.6) is 0 Å². The average molecular weight is 291 g/mol. The van der Waals surface area contributed by atoms with E-state index in [2.05, 4.69) is 65.3 Å². The Balaban J connectivity index is 1.95. The van der Waals surface area contributed by atoms with E-state index in [1.807, 2.05) is 0 Å². The maximum Gasteiger partial charge on any atom is 0.141 e. The average Bonchev–Trinajstić information content (AvgIpc) is 2.95. The van der Waals surface area contributed by atoms with Gasteiger partial charge in [0, 0.05) is 11.6 Å². The largest absolute Gasteiger partial charge is 0.321 e. The maximum atomic E-state index is 4.96. The van der Waals surface area contributed by atoms with E-state index in [-0.39, 0.29) is 0 Å². The zero-order valence-electron chi connectivity index (χ0n) is 12.9. The van der Waals surface area contributed by atoms with Crippen molar-refractivity contribution < 1.29 is 0 Å². The van der Waals surface area contributed by atoms with E-state index >= 15 is 0 Å². The predicted octanol–water partition coefficient (Wildman–Crippen LogP) is 3.94. The summed E-state index contributed by atoms with van der Waals surface area (Å²) in [6, 6.07) is 17.6. The van der Waals surface area contributed by atoms with Crippen molar-refractivity contribution in [2.75, 3.05) is 13.1 Å². The van der Waals surface area contributed by atoms with Gasteiger partial charge in [-0.2, -0.15) is 0 Å². The van der Waals surface area contributed by atoms with Crippen molar-refractivity contribution in [2.24, 2.45) is 0 Å². The highest BCUT2D eigenvalue weighted by atomic mass is 15.1. The van der Waals surface area contributed by atoms with E-state index in [0.717, 1.165) is 24.4 Å². The summed E-state index contributed by atoms with van der Waals surface area (Å²) in [5, 5.41) is 3.46. The SMILES string of the molecule is Cc1ccccc1-c1nc2ccccc2n1C1CCNCC1. The molecule has 0 radical (unpaired) electrons. The van der Waals surface area contributed by atoms with Gasteiger partial charge in [-0.3, -0.25) is 0 Å². The van der Waals surface area contributed by atoms with Gasteiger partial charge in [0.15, 0.2) is 0 Å². The quantitative estimate of drug-likeness (QED) is 0.775. The first-order valence-electron chi connectivity index (χ1n) is 8.08. The molecule has 2 aromatic carbocycles. The van der Waals surface area contributed by atoms with Crippen LogP contribution in [0, 0.1) is 6.92 Å². The van der Waals surface area contributed by atoms with Crippen molar-refractivity contribution in [3.05, 3.63) is 54.1 Å². The second-order valence-electron chi connectivity index (χ2n) is 6.09. The number of para-hydroxylation sites is 2. The lowest BCUT2D eigenvalue weighted by Crippen LogP contribution is -2.29. The number of nitrogens with one attached hydrogen (secondary N) is 1. The summed E-state index contributed by atoms with van der Waals surface area (Å²) in [7, 11) is 0. The fourth-order valence-corrected chi connectivity index (χ4v) is 3.49. The van der Waals surface area contributed by atoms with Gasteiger partial charge >= 0.3 is 0 Å². The molecule has 22 heavy (non-hydrogen) atoms. The highest BCUT2D eigenvalue weighted by Gasteiger charge is 2.22. The molecule has 0 saturated carbocycles. The Hall–Kier alpha value is -2.13. The zero-order chi connectivity index (χ0) is 14.9. The minimum Gasteiger partial charge on any atom is -0.321 e. The number of imidazole rings is 1. The summed E-state index contributed by atoms with van der Waals surface area (Å²) in [6.07, 6.45) is 2.33. The smallest absolute Gasteiger partial charge is 0.141 e. The Bertz CT molecular complexity index is 797. The molecule has 1 aliphatic heterocycles. The third kappa shape index (κ3) is 2.22. The molecule has 0 atom stereocenters. The predicted molar refractivity (Wildman–Crippen MR) is 91.0 cm³/mol. The first-order valence-corrected chi connectivity index (χ1v) is 8.08.